The van der Waals surface area contributed by atoms with Gasteiger partial charge in [-0.3, -0.25) is 4.79 Å². The molecule has 1 amide bonds. The molecule has 1 aliphatic rings. The van der Waals surface area contributed by atoms with Crippen molar-refractivity contribution in [1.82, 2.24) is 4.90 Å². The Hall–Kier alpha value is -2.74. The number of rotatable bonds is 7. The number of ether oxygens (including phenoxy) is 1. The molecule has 1 saturated heterocycles. The second-order valence-electron chi connectivity index (χ2n) is 7.32. The third-order valence-electron chi connectivity index (χ3n) is 5.00. The molecule has 162 valence electrons. The van der Waals surface area contributed by atoms with Gasteiger partial charge in [-0.25, -0.2) is 0 Å². The lowest BCUT2D eigenvalue weighted by atomic mass is 10.1. The third kappa shape index (κ3) is 6.13. The first-order valence-electron chi connectivity index (χ1n) is 10.00. The van der Waals surface area contributed by atoms with Crippen LogP contribution in [0.4, 0.5) is 18.9 Å². The van der Waals surface area contributed by atoms with Crippen LogP contribution in [-0.2, 0) is 6.18 Å². The van der Waals surface area contributed by atoms with Crippen LogP contribution in [0.5, 0.6) is 11.5 Å². The second-order valence-corrected chi connectivity index (χ2v) is 7.32. The average molecular weight is 422 g/mol. The molecule has 5 nitrogen and oxygen atoms in total. The lowest BCUT2D eigenvalue weighted by Gasteiger charge is -2.26. The molecule has 3 rings (SSSR count). The molecule has 0 unspecified atom stereocenters. The van der Waals surface area contributed by atoms with Crippen molar-refractivity contribution < 1.29 is 27.8 Å². The predicted molar refractivity (Wildman–Crippen MR) is 108 cm³/mol. The topological polar surface area (TPSA) is 61.8 Å². The minimum atomic E-state index is -4.50. The van der Waals surface area contributed by atoms with Crippen molar-refractivity contribution >= 4 is 11.6 Å². The van der Waals surface area contributed by atoms with E-state index in [2.05, 4.69) is 10.2 Å². The Labute approximate surface area is 173 Å². The van der Waals surface area contributed by atoms with Crippen LogP contribution in [0.2, 0.25) is 0 Å². The number of benzene rings is 2. The van der Waals surface area contributed by atoms with E-state index in [9.17, 15) is 23.1 Å². The Bertz CT molecular complexity index is 865. The van der Waals surface area contributed by atoms with Crippen molar-refractivity contribution in [3.8, 4) is 11.5 Å². The smallest absolute Gasteiger partial charge is 0.416 e. The molecular weight excluding hydrogens is 397 g/mol. The Morgan fingerprint density at radius 1 is 1.10 bits per heavy atom. The highest BCUT2D eigenvalue weighted by Crippen LogP contribution is 2.31. The normalized spacial score (nSPS) is 15.0. The summed E-state index contributed by atoms with van der Waals surface area (Å²) in [6, 6.07) is 8.60. The standard InChI is InChI=1S/C22H25F3N2O3/c23-22(24,25)16-6-4-7-17(14-16)26-21(29)19-9-8-18(15-20(19)28)30-13-5-12-27-10-2-1-3-11-27/h4,6-9,14-15,28H,1-3,5,10-13H2,(H,26,29). The molecule has 30 heavy (non-hydrogen) atoms. The summed E-state index contributed by atoms with van der Waals surface area (Å²) >= 11 is 0. The Kier molecular flexibility index (Phi) is 7.20. The molecule has 8 heteroatoms. The van der Waals surface area contributed by atoms with Gasteiger partial charge in [0, 0.05) is 18.3 Å². The number of nitrogens with zero attached hydrogens (tertiary/aromatic N) is 1. The molecule has 2 aromatic carbocycles. The maximum atomic E-state index is 12.8. The van der Waals surface area contributed by atoms with Crippen molar-refractivity contribution in [2.24, 2.45) is 0 Å². The number of phenolic OH excluding ortho intramolecular Hbond substituents is 1. The second kappa shape index (κ2) is 9.84. The first-order chi connectivity index (χ1) is 14.3. The van der Waals surface area contributed by atoms with E-state index in [0.717, 1.165) is 38.2 Å². The van der Waals surface area contributed by atoms with Crippen LogP contribution in [0.1, 0.15) is 41.6 Å². The van der Waals surface area contributed by atoms with Gasteiger partial charge in [0.15, 0.2) is 0 Å². The first kappa shape index (κ1) is 22.0. The molecule has 0 spiro atoms. The zero-order valence-corrected chi connectivity index (χ0v) is 16.5. The summed E-state index contributed by atoms with van der Waals surface area (Å²) in [4.78, 5) is 14.8. The predicted octanol–water partition coefficient (Wildman–Crippen LogP) is 4.92. The maximum Gasteiger partial charge on any atom is 0.416 e. The number of amides is 1. The number of likely N-dealkylation sites (tertiary alicyclic amines) is 1. The van der Waals surface area contributed by atoms with E-state index >= 15 is 0 Å². The van der Waals surface area contributed by atoms with Gasteiger partial charge in [-0.2, -0.15) is 13.2 Å². The Balaban J connectivity index is 1.53. The largest absolute Gasteiger partial charge is 0.507 e. The van der Waals surface area contributed by atoms with Crippen LogP contribution in [0, 0.1) is 0 Å². The van der Waals surface area contributed by atoms with Crippen LogP contribution in [0.3, 0.4) is 0 Å². The molecule has 2 N–H and O–H groups in total. The summed E-state index contributed by atoms with van der Waals surface area (Å²) in [5, 5.41) is 12.5. The number of halogens is 3. The van der Waals surface area contributed by atoms with Crippen LogP contribution in [0.25, 0.3) is 0 Å². The molecule has 0 bridgehead atoms. The summed E-state index contributed by atoms with van der Waals surface area (Å²) in [6.07, 6.45) is 0.117. The van der Waals surface area contributed by atoms with E-state index in [0.29, 0.717) is 12.4 Å². The summed E-state index contributed by atoms with van der Waals surface area (Å²) in [5.41, 5.74) is -0.918. The fraction of sp³-hybridized carbons (Fsp3) is 0.409. The molecule has 1 heterocycles. The van der Waals surface area contributed by atoms with E-state index in [4.69, 9.17) is 4.74 Å². The fourth-order valence-corrected chi connectivity index (χ4v) is 3.43. The SMILES string of the molecule is O=C(Nc1cccc(C(F)(F)F)c1)c1ccc(OCCCN2CCCCC2)cc1O. The number of anilines is 1. The minimum Gasteiger partial charge on any atom is -0.507 e. The van der Waals surface area contributed by atoms with Crippen molar-refractivity contribution in [2.75, 3.05) is 31.6 Å². The van der Waals surface area contributed by atoms with Gasteiger partial charge in [-0.1, -0.05) is 12.5 Å². The highest BCUT2D eigenvalue weighted by Gasteiger charge is 2.30. The number of phenols is 1. The molecule has 0 aliphatic carbocycles. The van der Waals surface area contributed by atoms with Crippen molar-refractivity contribution in [3.63, 3.8) is 0 Å². The highest BCUT2D eigenvalue weighted by atomic mass is 19.4. The number of hydrogen-bond acceptors (Lipinski definition) is 4. The zero-order valence-electron chi connectivity index (χ0n) is 16.5. The monoisotopic (exact) mass is 422 g/mol. The first-order valence-corrected chi connectivity index (χ1v) is 10.00. The summed E-state index contributed by atoms with van der Waals surface area (Å²) in [5.74, 6) is -0.571. The number of nitrogens with one attached hydrogen (secondary N) is 1. The van der Waals surface area contributed by atoms with Gasteiger partial charge in [0.1, 0.15) is 11.5 Å². The van der Waals surface area contributed by atoms with Gasteiger partial charge < -0.3 is 20.1 Å². The van der Waals surface area contributed by atoms with Crippen LogP contribution >= 0.6 is 0 Å². The maximum absolute atomic E-state index is 12.8. The van der Waals surface area contributed by atoms with Crippen molar-refractivity contribution in [3.05, 3.63) is 53.6 Å². The number of alkyl halides is 3. The fourth-order valence-electron chi connectivity index (χ4n) is 3.43. The van der Waals surface area contributed by atoms with Gasteiger partial charge in [0.05, 0.1) is 17.7 Å². The van der Waals surface area contributed by atoms with E-state index in [1.54, 1.807) is 6.07 Å². The number of carbonyl (C=O) groups is 1. The van der Waals surface area contributed by atoms with Gasteiger partial charge in [0.25, 0.3) is 5.91 Å². The van der Waals surface area contributed by atoms with E-state index in [1.807, 2.05) is 0 Å². The molecule has 2 aromatic rings. The molecule has 0 atom stereocenters. The number of aromatic hydroxyl groups is 1. The van der Waals surface area contributed by atoms with E-state index in [1.165, 1.54) is 43.5 Å². The van der Waals surface area contributed by atoms with Gasteiger partial charge in [-0.15, -0.1) is 0 Å². The van der Waals surface area contributed by atoms with E-state index < -0.39 is 17.6 Å². The zero-order chi connectivity index (χ0) is 21.6. The summed E-state index contributed by atoms with van der Waals surface area (Å²) in [7, 11) is 0. The quantitative estimate of drug-likeness (QED) is 0.622. The Morgan fingerprint density at radius 2 is 1.87 bits per heavy atom. The average Bonchev–Trinajstić information content (AvgIpc) is 2.71. The minimum absolute atomic E-state index is 0.00716. The van der Waals surface area contributed by atoms with Gasteiger partial charge in [0.2, 0.25) is 0 Å². The number of piperidine rings is 1. The van der Waals surface area contributed by atoms with Crippen LogP contribution < -0.4 is 10.1 Å². The molecule has 0 radical (unpaired) electrons. The van der Waals surface area contributed by atoms with Crippen LogP contribution in [-0.4, -0.2) is 42.2 Å². The molecule has 0 saturated carbocycles. The lowest BCUT2D eigenvalue weighted by molar-refractivity contribution is -0.137. The Morgan fingerprint density at radius 3 is 2.57 bits per heavy atom. The van der Waals surface area contributed by atoms with Crippen LogP contribution in [0.15, 0.2) is 42.5 Å². The van der Waals surface area contributed by atoms with Gasteiger partial charge >= 0.3 is 6.18 Å². The highest BCUT2D eigenvalue weighted by molar-refractivity contribution is 6.06. The number of hydrogen-bond donors (Lipinski definition) is 2. The summed E-state index contributed by atoms with van der Waals surface area (Å²) < 4.78 is 44.0. The lowest BCUT2D eigenvalue weighted by Crippen LogP contribution is -2.31. The van der Waals surface area contributed by atoms with E-state index in [-0.39, 0.29) is 17.0 Å². The number of carbonyl (C=O) groups excluding carboxylic acids is 1. The third-order valence-corrected chi connectivity index (χ3v) is 5.00. The van der Waals surface area contributed by atoms with Crippen molar-refractivity contribution in [1.29, 1.82) is 0 Å². The molecule has 1 fully saturated rings. The van der Waals surface area contributed by atoms with Crippen molar-refractivity contribution in [2.45, 2.75) is 31.9 Å². The summed E-state index contributed by atoms with van der Waals surface area (Å²) in [6.45, 7) is 3.70. The molecular formula is C22H25F3N2O3. The van der Waals surface area contributed by atoms with Gasteiger partial charge in [-0.05, 0) is 62.7 Å². The molecule has 1 aliphatic heterocycles. The molecule has 0 aromatic heterocycles.